The molecule has 0 saturated carbocycles. The second kappa shape index (κ2) is 9.41. The van der Waals surface area contributed by atoms with E-state index in [1.165, 1.54) is 0 Å². The fraction of sp³-hybridized carbons (Fsp3) is 0.640. The molecule has 4 aliphatic rings. The third-order valence-electron chi connectivity index (χ3n) is 7.28. The number of hydrogen-bond donors (Lipinski definition) is 2. The molecular formula is C25H36N4O3. The zero-order valence-corrected chi connectivity index (χ0v) is 19.4. The fourth-order valence-corrected chi connectivity index (χ4v) is 5.43. The van der Waals surface area contributed by atoms with Gasteiger partial charge in [-0.25, -0.2) is 0 Å². The van der Waals surface area contributed by atoms with Gasteiger partial charge in [0, 0.05) is 62.2 Å². The second-order valence-corrected chi connectivity index (χ2v) is 9.63. The monoisotopic (exact) mass is 440 g/mol. The van der Waals surface area contributed by atoms with E-state index < -0.39 is 0 Å². The van der Waals surface area contributed by atoms with Crippen LogP contribution in [-0.4, -0.2) is 75.0 Å². The van der Waals surface area contributed by atoms with Crippen molar-refractivity contribution in [2.45, 2.75) is 57.7 Å². The maximum absolute atomic E-state index is 13.7. The van der Waals surface area contributed by atoms with Crippen LogP contribution in [0.1, 0.15) is 45.1 Å². The molecule has 0 bridgehead atoms. The molecule has 4 aliphatic heterocycles. The van der Waals surface area contributed by atoms with Crippen molar-refractivity contribution in [3.05, 3.63) is 29.5 Å². The number of nitrogens with zero attached hydrogens (tertiary/aromatic N) is 2. The van der Waals surface area contributed by atoms with Crippen molar-refractivity contribution in [1.82, 2.24) is 10.2 Å². The molecule has 3 saturated heterocycles. The molecule has 5 rings (SSSR count). The van der Waals surface area contributed by atoms with Gasteiger partial charge in [0.2, 0.25) is 0 Å². The van der Waals surface area contributed by atoms with Crippen LogP contribution < -0.4 is 15.5 Å². The summed E-state index contributed by atoms with van der Waals surface area (Å²) in [4.78, 5) is 18.2. The van der Waals surface area contributed by atoms with Gasteiger partial charge in [-0.05, 0) is 57.7 Å². The van der Waals surface area contributed by atoms with Crippen molar-refractivity contribution in [2.24, 2.45) is 0 Å². The molecular weight excluding hydrogens is 404 g/mol. The average Bonchev–Trinajstić information content (AvgIpc) is 3.11. The zero-order chi connectivity index (χ0) is 22.1. The number of benzene rings is 1. The Labute approximate surface area is 191 Å². The number of hydrogen-bond acceptors (Lipinski definition) is 6. The number of carbonyl (C=O) groups is 1. The number of nitrogens with one attached hydrogen (secondary N) is 2. The number of piperidine rings is 1. The van der Waals surface area contributed by atoms with Gasteiger partial charge in [-0.3, -0.25) is 4.79 Å². The van der Waals surface area contributed by atoms with E-state index >= 15 is 0 Å². The molecule has 2 N–H and O–H groups in total. The minimum Gasteiger partial charge on any atom is -0.383 e. The van der Waals surface area contributed by atoms with E-state index in [9.17, 15) is 4.79 Å². The quantitative estimate of drug-likeness (QED) is 0.702. The van der Waals surface area contributed by atoms with Crippen LogP contribution in [0.5, 0.6) is 0 Å². The van der Waals surface area contributed by atoms with E-state index in [1.807, 2.05) is 4.90 Å². The van der Waals surface area contributed by atoms with Crippen LogP contribution in [0.25, 0.3) is 5.57 Å². The first-order valence-electron chi connectivity index (χ1n) is 12.2. The molecule has 0 unspecified atom stereocenters. The molecule has 174 valence electrons. The minimum atomic E-state index is 0.0993. The Morgan fingerprint density at radius 1 is 1.06 bits per heavy atom. The summed E-state index contributed by atoms with van der Waals surface area (Å²) in [5.74, 6) is 0.0993. The molecule has 1 amide bonds. The highest BCUT2D eigenvalue weighted by Crippen LogP contribution is 2.42. The van der Waals surface area contributed by atoms with Crippen molar-refractivity contribution >= 4 is 22.9 Å². The van der Waals surface area contributed by atoms with Gasteiger partial charge in [0.1, 0.15) is 0 Å². The highest BCUT2D eigenvalue weighted by atomic mass is 16.5. The lowest BCUT2D eigenvalue weighted by molar-refractivity contribution is -0.113. The number of anilines is 2. The SMILES string of the molecule is CC(C)N1CCC(Nc2ccc3c(c2)/C(=C2\COCCN2)C(=O)N3C2CCOCC2)CC1. The summed E-state index contributed by atoms with van der Waals surface area (Å²) < 4.78 is 11.2. The summed E-state index contributed by atoms with van der Waals surface area (Å²) in [5, 5.41) is 7.18. The molecule has 32 heavy (non-hydrogen) atoms. The summed E-state index contributed by atoms with van der Waals surface area (Å²) in [6.07, 6.45) is 4.05. The smallest absolute Gasteiger partial charge is 0.261 e. The average molecular weight is 441 g/mol. The first-order chi connectivity index (χ1) is 15.6. The Balaban J connectivity index is 1.42. The maximum atomic E-state index is 13.7. The molecule has 0 aliphatic carbocycles. The largest absolute Gasteiger partial charge is 0.383 e. The predicted octanol–water partition coefficient (Wildman–Crippen LogP) is 2.83. The van der Waals surface area contributed by atoms with Crippen molar-refractivity contribution in [3.63, 3.8) is 0 Å². The molecule has 1 aromatic carbocycles. The summed E-state index contributed by atoms with van der Waals surface area (Å²) in [6.45, 7) is 10.1. The van der Waals surface area contributed by atoms with Crippen LogP contribution in [0.4, 0.5) is 11.4 Å². The lowest BCUT2D eigenvalue weighted by atomic mass is 10.0. The van der Waals surface area contributed by atoms with Gasteiger partial charge < -0.3 is 29.9 Å². The van der Waals surface area contributed by atoms with Gasteiger partial charge in [0.05, 0.1) is 30.2 Å². The van der Waals surface area contributed by atoms with Crippen LogP contribution in [-0.2, 0) is 14.3 Å². The standard InChI is InChI=1S/C25H36N4O3/c1-17(2)28-10-5-18(6-11-28)27-19-3-4-23-21(15-19)24(22-16-32-14-9-26-22)25(30)29(23)20-7-12-31-13-8-20/h3-4,15,17-18,20,26-27H,5-14,16H2,1-2H3/b24-22-. The van der Waals surface area contributed by atoms with E-state index in [-0.39, 0.29) is 11.9 Å². The lowest BCUT2D eigenvalue weighted by Gasteiger charge is -2.35. The second-order valence-electron chi connectivity index (χ2n) is 9.63. The Bertz CT molecular complexity index is 862. The Kier molecular flexibility index (Phi) is 6.40. The van der Waals surface area contributed by atoms with Crippen LogP contribution in [0, 0.1) is 0 Å². The van der Waals surface area contributed by atoms with E-state index in [0.29, 0.717) is 38.5 Å². The normalized spacial score (nSPS) is 25.8. The molecule has 3 fully saturated rings. The first kappa shape index (κ1) is 21.7. The van der Waals surface area contributed by atoms with Crippen LogP contribution >= 0.6 is 0 Å². The molecule has 4 heterocycles. The number of carbonyl (C=O) groups excluding carboxylic acids is 1. The number of rotatable bonds is 4. The summed E-state index contributed by atoms with van der Waals surface area (Å²) in [7, 11) is 0. The summed E-state index contributed by atoms with van der Waals surface area (Å²) in [6, 6.07) is 7.73. The number of likely N-dealkylation sites (tertiary alicyclic amines) is 1. The van der Waals surface area contributed by atoms with Crippen molar-refractivity contribution in [1.29, 1.82) is 0 Å². The van der Waals surface area contributed by atoms with Gasteiger partial charge in [0.25, 0.3) is 5.91 Å². The third kappa shape index (κ3) is 4.26. The number of fused-ring (bicyclic) bond motifs is 1. The van der Waals surface area contributed by atoms with Gasteiger partial charge in [-0.1, -0.05) is 0 Å². The highest BCUT2D eigenvalue weighted by Gasteiger charge is 2.39. The van der Waals surface area contributed by atoms with Crippen molar-refractivity contribution < 1.29 is 14.3 Å². The van der Waals surface area contributed by atoms with E-state index in [4.69, 9.17) is 9.47 Å². The van der Waals surface area contributed by atoms with Crippen molar-refractivity contribution in [3.8, 4) is 0 Å². The van der Waals surface area contributed by atoms with Crippen LogP contribution in [0.3, 0.4) is 0 Å². The molecule has 0 radical (unpaired) electrons. The fourth-order valence-electron chi connectivity index (χ4n) is 5.43. The number of amides is 1. The van der Waals surface area contributed by atoms with E-state index in [0.717, 1.165) is 73.5 Å². The van der Waals surface area contributed by atoms with Crippen LogP contribution in [0.2, 0.25) is 0 Å². The van der Waals surface area contributed by atoms with Gasteiger partial charge in [-0.2, -0.15) is 0 Å². The van der Waals surface area contributed by atoms with Crippen LogP contribution in [0.15, 0.2) is 23.9 Å². The summed E-state index contributed by atoms with van der Waals surface area (Å²) >= 11 is 0. The number of morpholine rings is 1. The first-order valence-corrected chi connectivity index (χ1v) is 12.2. The van der Waals surface area contributed by atoms with E-state index in [1.54, 1.807) is 0 Å². The zero-order valence-electron chi connectivity index (χ0n) is 19.4. The predicted molar refractivity (Wildman–Crippen MR) is 127 cm³/mol. The molecule has 1 aromatic rings. The van der Waals surface area contributed by atoms with E-state index in [2.05, 4.69) is 47.6 Å². The third-order valence-corrected chi connectivity index (χ3v) is 7.28. The lowest BCUT2D eigenvalue weighted by Crippen LogP contribution is -2.42. The van der Waals surface area contributed by atoms with Crippen molar-refractivity contribution in [2.75, 3.05) is 56.3 Å². The molecule has 0 spiro atoms. The molecule has 7 heteroatoms. The van der Waals surface area contributed by atoms with Gasteiger partial charge in [-0.15, -0.1) is 0 Å². The topological polar surface area (TPSA) is 66.1 Å². The van der Waals surface area contributed by atoms with Gasteiger partial charge in [0.15, 0.2) is 0 Å². The molecule has 0 atom stereocenters. The molecule has 0 aromatic heterocycles. The summed E-state index contributed by atoms with van der Waals surface area (Å²) in [5.41, 5.74) is 4.85. The Morgan fingerprint density at radius 3 is 2.53 bits per heavy atom. The highest BCUT2D eigenvalue weighted by molar-refractivity contribution is 6.33. The Morgan fingerprint density at radius 2 is 1.84 bits per heavy atom. The maximum Gasteiger partial charge on any atom is 0.261 e. The minimum absolute atomic E-state index is 0.0993. The number of ether oxygens (including phenoxy) is 2. The Hall–Kier alpha value is -2.09. The molecule has 7 nitrogen and oxygen atoms in total. The van der Waals surface area contributed by atoms with Gasteiger partial charge >= 0.3 is 0 Å².